The van der Waals surface area contributed by atoms with Crippen molar-refractivity contribution in [2.75, 3.05) is 18.6 Å². The fourth-order valence-corrected chi connectivity index (χ4v) is 1.02. The maximum Gasteiger partial charge on any atom is 0.323 e. The smallest absolute Gasteiger partial charge is 0.323 e. The SMILES string of the molecule is CSCC[C@H](N)C(=O)O.NC(=O)NCC(=O)O. The maximum atomic E-state index is 10.1. The Morgan fingerprint density at radius 2 is 1.88 bits per heavy atom. The summed E-state index contributed by atoms with van der Waals surface area (Å²) in [6, 6.07) is -1.51. The number of carboxylic acids is 2. The molecule has 0 unspecified atom stereocenters. The summed E-state index contributed by atoms with van der Waals surface area (Å²) in [5, 5.41) is 18.1. The van der Waals surface area contributed by atoms with Crippen LogP contribution in [-0.4, -0.2) is 52.8 Å². The Labute approximate surface area is 103 Å². The fraction of sp³-hybridized carbons (Fsp3) is 0.625. The number of urea groups is 1. The molecule has 0 spiro atoms. The van der Waals surface area contributed by atoms with E-state index in [2.05, 4.69) is 5.73 Å². The van der Waals surface area contributed by atoms with Crippen LogP contribution in [0, 0.1) is 0 Å². The van der Waals surface area contributed by atoms with Gasteiger partial charge in [-0.25, -0.2) is 4.79 Å². The molecular formula is C8H17N3O5S. The summed E-state index contributed by atoms with van der Waals surface area (Å²) in [6.07, 6.45) is 2.48. The third kappa shape index (κ3) is 17.2. The van der Waals surface area contributed by atoms with Gasteiger partial charge >= 0.3 is 18.0 Å². The monoisotopic (exact) mass is 267 g/mol. The van der Waals surface area contributed by atoms with E-state index in [4.69, 9.17) is 15.9 Å². The molecule has 0 bridgehead atoms. The summed E-state index contributed by atoms with van der Waals surface area (Å²) in [5.74, 6) is -1.21. The third-order valence-electron chi connectivity index (χ3n) is 1.36. The van der Waals surface area contributed by atoms with Gasteiger partial charge in [-0.3, -0.25) is 9.59 Å². The molecule has 7 N–H and O–H groups in total. The Morgan fingerprint density at radius 3 is 2.12 bits per heavy atom. The number of rotatable bonds is 6. The number of amides is 2. The minimum Gasteiger partial charge on any atom is -0.480 e. The van der Waals surface area contributed by atoms with E-state index in [9.17, 15) is 14.4 Å². The molecule has 17 heavy (non-hydrogen) atoms. The van der Waals surface area contributed by atoms with Crippen molar-refractivity contribution >= 4 is 29.7 Å². The van der Waals surface area contributed by atoms with Gasteiger partial charge in [-0.2, -0.15) is 11.8 Å². The fourth-order valence-electron chi connectivity index (χ4n) is 0.531. The Bertz CT molecular complexity index is 248. The van der Waals surface area contributed by atoms with Gasteiger partial charge in [0.25, 0.3) is 0 Å². The van der Waals surface area contributed by atoms with Crippen LogP contribution in [0.25, 0.3) is 0 Å². The molecule has 0 saturated heterocycles. The Kier molecular flexibility index (Phi) is 11.6. The summed E-state index contributed by atoms with van der Waals surface area (Å²) in [6.45, 7) is -0.421. The normalized spacial score (nSPS) is 10.7. The molecule has 0 aliphatic rings. The molecule has 0 radical (unpaired) electrons. The molecule has 0 aromatic heterocycles. The molecule has 0 rings (SSSR count). The van der Waals surface area contributed by atoms with Crippen molar-refractivity contribution in [1.82, 2.24) is 5.32 Å². The Hall–Kier alpha value is -1.48. The van der Waals surface area contributed by atoms with Crippen LogP contribution in [0.3, 0.4) is 0 Å². The number of carboxylic acid groups (broad SMARTS) is 2. The Morgan fingerprint density at radius 1 is 1.35 bits per heavy atom. The van der Waals surface area contributed by atoms with Crippen molar-refractivity contribution in [3.63, 3.8) is 0 Å². The molecule has 8 nitrogen and oxygen atoms in total. The highest BCUT2D eigenvalue weighted by atomic mass is 32.2. The standard InChI is InChI=1S/C5H11NO2S.C3H6N2O3/c1-9-3-2-4(6)5(7)8;4-3(8)5-1-2(6)7/h4H,2-3,6H2,1H3,(H,7,8);1H2,(H,6,7)(H3,4,5,8)/t4-;/m0./s1. The predicted molar refractivity (Wildman–Crippen MR) is 63.8 cm³/mol. The minimum absolute atomic E-state index is 0.421. The first kappa shape index (κ1) is 17.9. The van der Waals surface area contributed by atoms with E-state index in [1.54, 1.807) is 11.8 Å². The number of aliphatic carboxylic acids is 2. The Balaban J connectivity index is 0. The van der Waals surface area contributed by atoms with Gasteiger partial charge in [0.2, 0.25) is 0 Å². The van der Waals surface area contributed by atoms with E-state index in [1.807, 2.05) is 11.6 Å². The molecule has 0 aliphatic carbocycles. The van der Waals surface area contributed by atoms with Crippen molar-refractivity contribution in [3.8, 4) is 0 Å². The van der Waals surface area contributed by atoms with Crippen molar-refractivity contribution in [3.05, 3.63) is 0 Å². The second-order valence-corrected chi connectivity index (χ2v) is 3.82. The first-order chi connectivity index (χ1) is 7.81. The molecule has 0 aliphatic heterocycles. The summed E-state index contributed by atoms with van der Waals surface area (Å²) in [5.41, 5.74) is 9.72. The summed E-state index contributed by atoms with van der Waals surface area (Å²) in [4.78, 5) is 29.5. The molecule has 100 valence electrons. The van der Waals surface area contributed by atoms with Gasteiger partial charge in [-0.05, 0) is 18.4 Å². The minimum atomic E-state index is -1.11. The van der Waals surface area contributed by atoms with Crippen LogP contribution < -0.4 is 16.8 Å². The lowest BCUT2D eigenvalue weighted by Crippen LogP contribution is -2.33. The number of hydrogen-bond donors (Lipinski definition) is 5. The van der Waals surface area contributed by atoms with Crippen molar-refractivity contribution < 1.29 is 24.6 Å². The zero-order valence-corrected chi connectivity index (χ0v) is 10.2. The average Bonchev–Trinajstić information content (AvgIpc) is 2.23. The highest BCUT2D eigenvalue weighted by Gasteiger charge is 2.08. The van der Waals surface area contributed by atoms with Crippen LogP contribution in [0.5, 0.6) is 0 Å². The highest BCUT2D eigenvalue weighted by molar-refractivity contribution is 7.98. The molecular weight excluding hydrogens is 250 g/mol. The number of carbonyl (C=O) groups excluding carboxylic acids is 1. The van der Waals surface area contributed by atoms with E-state index in [-0.39, 0.29) is 0 Å². The zero-order valence-electron chi connectivity index (χ0n) is 9.38. The van der Waals surface area contributed by atoms with Crippen LogP contribution in [-0.2, 0) is 9.59 Å². The summed E-state index contributed by atoms with van der Waals surface area (Å²) >= 11 is 1.60. The third-order valence-corrected chi connectivity index (χ3v) is 2.01. The van der Waals surface area contributed by atoms with Crippen LogP contribution in [0.2, 0.25) is 0 Å². The first-order valence-corrected chi connectivity index (χ1v) is 5.93. The molecule has 2 amide bonds. The van der Waals surface area contributed by atoms with Gasteiger partial charge in [-0.15, -0.1) is 0 Å². The molecule has 1 atom stereocenters. The first-order valence-electron chi connectivity index (χ1n) is 4.53. The van der Waals surface area contributed by atoms with Crippen LogP contribution >= 0.6 is 11.8 Å². The number of carbonyl (C=O) groups is 3. The van der Waals surface area contributed by atoms with Gasteiger partial charge in [0.15, 0.2) is 0 Å². The molecule has 0 aromatic carbocycles. The van der Waals surface area contributed by atoms with E-state index in [1.165, 1.54) is 0 Å². The summed E-state index contributed by atoms with van der Waals surface area (Å²) in [7, 11) is 0. The number of nitrogens with one attached hydrogen (secondary N) is 1. The molecule has 9 heteroatoms. The van der Waals surface area contributed by atoms with Gasteiger partial charge in [-0.1, -0.05) is 0 Å². The predicted octanol–water partition coefficient (Wildman–Crippen LogP) is -1.11. The topological polar surface area (TPSA) is 156 Å². The molecule has 0 saturated carbocycles. The lowest BCUT2D eigenvalue weighted by atomic mass is 10.2. The summed E-state index contributed by atoms with van der Waals surface area (Å²) < 4.78 is 0. The van der Waals surface area contributed by atoms with E-state index >= 15 is 0 Å². The van der Waals surface area contributed by atoms with E-state index < -0.39 is 30.6 Å². The zero-order chi connectivity index (χ0) is 13.8. The number of nitrogens with two attached hydrogens (primary N) is 2. The van der Waals surface area contributed by atoms with Gasteiger partial charge in [0, 0.05) is 0 Å². The molecule has 0 fully saturated rings. The maximum absolute atomic E-state index is 10.1. The van der Waals surface area contributed by atoms with Gasteiger partial charge < -0.3 is 27.0 Å². The van der Waals surface area contributed by atoms with E-state index in [0.717, 1.165) is 5.75 Å². The quantitative estimate of drug-likeness (QED) is 0.408. The lowest BCUT2D eigenvalue weighted by molar-refractivity contribution is -0.138. The average molecular weight is 267 g/mol. The highest BCUT2D eigenvalue weighted by Crippen LogP contribution is 1.97. The number of hydrogen-bond acceptors (Lipinski definition) is 5. The van der Waals surface area contributed by atoms with Crippen molar-refractivity contribution in [2.45, 2.75) is 12.5 Å². The van der Waals surface area contributed by atoms with Crippen molar-refractivity contribution in [2.24, 2.45) is 11.5 Å². The molecule has 0 aromatic rings. The van der Waals surface area contributed by atoms with Gasteiger partial charge in [0.1, 0.15) is 12.6 Å². The largest absolute Gasteiger partial charge is 0.480 e. The van der Waals surface area contributed by atoms with Crippen molar-refractivity contribution in [1.29, 1.82) is 0 Å². The van der Waals surface area contributed by atoms with Crippen LogP contribution in [0.1, 0.15) is 6.42 Å². The number of thioether (sulfide) groups is 1. The van der Waals surface area contributed by atoms with Crippen LogP contribution in [0.15, 0.2) is 0 Å². The van der Waals surface area contributed by atoms with E-state index in [0.29, 0.717) is 6.42 Å². The number of primary amides is 1. The second-order valence-electron chi connectivity index (χ2n) is 2.84. The van der Waals surface area contributed by atoms with Crippen LogP contribution in [0.4, 0.5) is 4.79 Å². The lowest BCUT2D eigenvalue weighted by Gasteiger charge is -2.02. The van der Waals surface area contributed by atoms with Gasteiger partial charge in [0.05, 0.1) is 0 Å². The second kappa shape index (κ2) is 11.0. The molecule has 0 heterocycles.